The molecular formula is C14H29N. The highest BCUT2D eigenvalue weighted by atomic mass is 15.2. The van der Waals surface area contributed by atoms with Gasteiger partial charge in [-0.3, -0.25) is 4.90 Å². The zero-order chi connectivity index (χ0) is 11.4. The molecule has 1 rings (SSSR count). The van der Waals surface area contributed by atoms with E-state index in [1.165, 1.54) is 32.2 Å². The van der Waals surface area contributed by atoms with E-state index in [0.29, 0.717) is 0 Å². The van der Waals surface area contributed by atoms with Crippen molar-refractivity contribution < 1.29 is 0 Å². The summed E-state index contributed by atoms with van der Waals surface area (Å²) in [4.78, 5) is 2.72. The molecule has 0 radical (unpaired) electrons. The van der Waals surface area contributed by atoms with Crippen LogP contribution < -0.4 is 0 Å². The lowest BCUT2D eigenvalue weighted by atomic mass is 9.87. The minimum atomic E-state index is 0.733. The van der Waals surface area contributed by atoms with E-state index >= 15 is 0 Å². The van der Waals surface area contributed by atoms with Crippen molar-refractivity contribution in [1.29, 1.82) is 0 Å². The molecule has 1 heterocycles. The SMILES string of the molecule is CCC1C(C[C@H](C)CC)CCN1C(C)C. The van der Waals surface area contributed by atoms with Crippen molar-refractivity contribution in [2.24, 2.45) is 11.8 Å². The highest BCUT2D eigenvalue weighted by molar-refractivity contribution is 4.88. The van der Waals surface area contributed by atoms with E-state index in [9.17, 15) is 0 Å². The normalized spacial score (nSPS) is 30.0. The van der Waals surface area contributed by atoms with Crippen LogP contribution in [0, 0.1) is 11.8 Å². The summed E-state index contributed by atoms with van der Waals surface area (Å²) in [5.74, 6) is 1.88. The Hall–Kier alpha value is -0.0400. The van der Waals surface area contributed by atoms with Crippen LogP contribution in [0.25, 0.3) is 0 Å². The van der Waals surface area contributed by atoms with Crippen LogP contribution in [0.3, 0.4) is 0 Å². The molecule has 1 fully saturated rings. The Balaban J connectivity index is 2.53. The van der Waals surface area contributed by atoms with Crippen LogP contribution in [0.4, 0.5) is 0 Å². The first-order valence-electron chi connectivity index (χ1n) is 6.85. The van der Waals surface area contributed by atoms with Gasteiger partial charge in [-0.2, -0.15) is 0 Å². The molecular weight excluding hydrogens is 182 g/mol. The molecule has 3 atom stereocenters. The van der Waals surface area contributed by atoms with Gasteiger partial charge >= 0.3 is 0 Å². The molecule has 1 aliphatic rings. The second kappa shape index (κ2) is 5.89. The molecule has 0 spiro atoms. The van der Waals surface area contributed by atoms with Crippen molar-refractivity contribution in [1.82, 2.24) is 4.90 Å². The summed E-state index contributed by atoms with van der Waals surface area (Å²) in [5, 5.41) is 0. The predicted octanol–water partition coefficient (Wildman–Crippen LogP) is 3.93. The maximum Gasteiger partial charge on any atom is 0.0124 e. The molecule has 15 heavy (non-hydrogen) atoms. The number of likely N-dealkylation sites (tertiary alicyclic amines) is 1. The van der Waals surface area contributed by atoms with Crippen molar-refractivity contribution in [2.45, 2.75) is 72.4 Å². The first kappa shape index (κ1) is 13.0. The van der Waals surface area contributed by atoms with E-state index in [1.54, 1.807) is 0 Å². The van der Waals surface area contributed by atoms with Crippen molar-refractivity contribution in [3.05, 3.63) is 0 Å². The van der Waals surface area contributed by atoms with Crippen LogP contribution in [0.1, 0.15) is 60.3 Å². The molecule has 0 saturated carbocycles. The smallest absolute Gasteiger partial charge is 0.0124 e. The average molecular weight is 211 g/mol. The first-order valence-corrected chi connectivity index (χ1v) is 6.85. The molecule has 1 heteroatoms. The van der Waals surface area contributed by atoms with Gasteiger partial charge in [-0.1, -0.05) is 27.2 Å². The number of hydrogen-bond donors (Lipinski definition) is 0. The zero-order valence-corrected chi connectivity index (χ0v) is 11.3. The van der Waals surface area contributed by atoms with E-state index in [2.05, 4.69) is 39.5 Å². The van der Waals surface area contributed by atoms with Gasteiger partial charge in [0.05, 0.1) is 0 Å². The van der Waals surface area contributed by atoms with Crippen molar-refractivity contribution in [3.8, 4) is 0 Å². The maximum absolute atomic E-state index is 2.72. The lowest BCUT2D eigenvalue weighted by Gasteiger charge is -2.31. The summed E-state index contributed by atoms with van der Waals surface area (Å²) >= 11 is 0. The van der Waals surface area contributed by atoms with Gasteiger partial charge < -0.3 is 0 Å². The number of rotatable bonds is 5. The summed E-state index contributed by atoms with van der Waals surface area (Å²) in [7, 11) is 0. The van der Waals surface area contributed by atoms with E-state index < -0.39 is 0 Å². The monoisotopic (exact) mass is 211 g/mol. The van der Waals surface area contributed by atoms with Gasteiger partial charge in [0.1, 0.15) is 0 Å². The van der Waals surface area contributed by atoms with Crippen molar-refractivity contribution >= 4 is 0 Å². The van der Waals surface area contributed by atoms with Crippen LogP contribution in [-0.2, 0) is 0 Å². The molecule has 1 saturated heterocycles. The largest absolute Gasteiger partial charge is 0.298 e. The van der Waals surface area contributed by atoms with Crippen LogP contribution in [0.2, 0.25) is 0 Å². The first-order chi connectivity index (χ1) is 7.10. The zero-order valence-electron chi connectivity index (χ0n) is 11.3. The van der Waals surface area contributed by atoms with Gasteiger partial charge in [-0.25, -0.2) is 0 Å². The third-order valence-electron chi connectivity index (χ3n) is 4.21. The minimum Gasteiger partial charge on any atom is -0.298 e. The molecule has 0 bridgehead atoms. The Labute approximate surface area is 96.2 Å². The highest BCUT2D eigenvalue weighted by Gasteiger charge is 2.34. The topological polar surface area (TPSA) is 3.24 Å². The summed E-state index contributed by atoms with van der Waals surface area (Å²) < 4.78 is 0. The Kier molecular flexibility index (Phi) is 5.11. The number of nitrogens with zero attached hydrogens (tertiary/aromatic N) is 1. The second-order valence-electron chi connectivity index (χ2n) is 5.61. The van der Waals surface area contributed by atoms with Gasteiger partial charge in [0.2, 0.25) is 0 Å². The molecule has 0 N–H and O–H groups in total. The van der Waals surface area contributed by atoms with Gasteiger partial charge in [0, 0.05) is 12.1 Å². The third-order valence-corrected chi connectivity index (χ3v) is 4.21. The predicted molar refractivity (Wildman–Crippen MR) is 68.1 cm³/mol. The molecule has 0 aliphatic carbocycles. The fourth-order valence-corrected chi connectivity index (χ4v) is 3.11. The fraction of sp³-hybridized carbons (Fsp3) is 1.00. The molecule has 0 aromatic heterocycles. The quantitative estimate of drug-likeness (QED) is 0.666. The Morgan fingerprint density at radius 2 is 1.87 bits per heavy atom. The van der Waals surface area contributed by atoms with E-state index in [-0.39, 0.29) is 0 Å². The van der Waals surface area contributed by atoms with Gasteiger partial charge in [0.25, 0.3) is 0 Å². The summed E-state index contributed by atoms with van der Waals surface area (Å²) in [5.41, 5.74) is 0. The summed E-state index contributed by atoms with van der Waals surface area (Å²) in [6.07, 6.45) is 5.55. The Morgan fingerprint density at radius 1 is 1.20 bits per heavy atom. The van der Waals surface area contributed by atoms with E-state index in [1.807, 2.05) is 0 Å². The highest BCUT2D eigenvalue weighted by Crippen LogP contribution is 2.33. The standard InChI is InChI=1S/C14H29N/c1-6-12(5)10-13-8-9-15(11(3)4)14(13)7-2/h11-14H,6-10H2,1-5H3/t12-,13?,14?/m1/s1. The maximum atomic E-state index is 2.72. The van der Waals surface area contributed by atoms with E-state index in [4.69, 9.17) is 0 Å². The summed E-state index contributed by atoms with van der Waals surface area (Å²) in [6.45, 7) is 13.1. The molecule has 0 aromatic rings. The van der Waals surface area contributed by atoms with Gasteiger partial charge in [-0.05, 0) is 51.5 Å². The average Bonchev–Trinajstić information content (AvgIpc) is 2.60. The van der Waals surface area contributed by atoms with Crippen LogP contribution >= 0.6 is 0 Å². The number of hydrogen-bond acceptors (Lipinski definition) is 1. The minimum absolute atomic E-state index is 0.733. The third kappa shape index (κ3) is 3.21. The molecule has 90 valence electrons. The van der Waals surface area contributed by atoms with Crippen LogP contribution in [0.5, 0.6) is 0 Å². The van der Waals surface area contributed by atoms with E-state index in [0.717, 1.165) is 23.9 Å². The molecule has 0 amide bonds. The fourth-order valence-electron chi connectivity index (χ4n) is 3.11. The molecule has 1 nitrogen and oxygen atoms in total. The Bertz CT molecular complexity index is 176. The van der Waals surface area contributed by atoms with Crippen molar-refractivity contribution in [3.63, 3.8) is 0 Å². The Morgan fingerprint density at radius 3 is 2.33 bits per heavy atom. The van der Waals surface area contributed by atoms with Gasteiger partial charge in [0.15, 0.2) is 0 Å². The lowest BCUT2D eigenvalue weighted by Crippen LogP contribution is -2.37. The van der Waals surface area contributed by atoms with Crippen LogP contribution in [0.15, 0.2) is 0 Å². The summed E-state index contributed by atoms with van der Waals surface area (Å²) in [6, 6.07) is 1.59. The molecule has 2 unspecified atom stereocenters. The second-order valence-corrected chi connectivity index (χ2v) is 5.61. The molecule has 1 aliphatic heterocycles. The van der Waals surface area contributed by atoms with Gasteiger partial charge in [-0.15, -0.1) is 0 Å². The van der Waals surface area contributed by atoms with Crippen LogP contribution in [-0.4, -0.2) is 23.5 Å². The lowest BCUT2D eigenvalue weighted by molar-refractivity contribution is 0.167. The van der Waals surface area contributed by atoms with Crippen molar-refractivity contribution in [2.75, 3.05) is 6.54 Å². The molecule has 0 aromatic carbocycles.